The lowest BCUT2D eigenvalue weighted by Crippen LogP contribution is -2.57. The summed E-state index contributed by atoms with van der Waals surface area (Å²) in [5.74, 6) is -1.73. The molecule has 8 heteroatoms. The number of ether oxygens (including phenoxy) is 1. The van der Waals surface area contributed by atoms with Crippen LogP contribution in [0.15, 0.2) is 55.1 Å². The van der Waals surface area contributed by atoms with Gasteiger partial charge in [0, 0.05) is 25.9 Å². The van der Waals surface area contributed by atoms with Gasteiger partial charge < -0.3 is 20.3 Å². The number of benzene rings is 1. The molecular formula is C29H41N3O5. The smallest absolute Gasteiger partial charge is 0.310 e. The molecule has 0 saturated carbocycles. The van der Waals surface area contributed by atoms with Gasteiger partial charge in [-0.2, -0.15) is 0 Å². The van der Waals surface area contributed by atoms with E-state index in [0.29, 0.717) is 38.8 Å². The Morgan fingerprint density at radius 3 is 2.54 bits per heavy atom. The highest BCUT2D eigenvalue weighted by atomic mass is 16.5. The lowest BCUT2D eigenvalue weighted by Gasteiger charge is -2.35. The number of nitrogens with one attached hydrogen (secondary N) is 2. The number of nitrogens with zero attached hydrogens (tertiary/aromatic N) is 1. The Bertz CT molecular complexity index is 944. The first kappa shape index (κ1) is 29.8. The molecule has 2 rings (SSSR count). The fourth-order valence-corrected chi connectivity index (χ4v) is 4.35. The Morgan fingerprint density at radius 2 is 1.89 bits per heavy atom. The number of rotatable bonds is 13. The van der Waals surface area contributed by atoms with Crippen LogP contribution in [-0.4, -0.2) is 60.4 Å². The van der Waals surface area contributed by atoms with Gasteiger partial charge in [0.2, 0.25) is 17.7 Å². The van der Waals surface area contributed by atoms with Crippen LogP contribution in [0, 0.1) is 11.8 Å². The van der Waals surface area contributed by atoms with Gasteiger partial charge in [0.1, 0.15) is 12.1 Å². The van der Waals surface area contributed by atoms with E-state index in [2.05, 4.69) is 17.2 Å². The minimum Gasteiger partial charge on any atom is -0.466 e. The molecular weight excluding hydrogens is 470 g/mol. The van der Waals surface area contributed by atoms with E-state index >= 15 is 0 Å². The van der Waals surface area contributed by atoms with Crippen molar-refractivity contribution in [3.63, 3.8) is 0 Å². The molecule has 202 valence electrons. The maximum Gasteiger partial charge on any atom is 0.310 e. The van der Waals surface area contributed by atoms with Crippen LogP contribution in [0.5, 0.6) is 0 Å². The molecule has 2 N–H and O–H groups in total. The van der Waals surface area contributed by atoms with E-state index in [4.69, 9.17) is 4.74 Å². The molecule has 1 fully saturated rings. The molecule has 0 aliphatic carbocycles. The first-order valence-electron chi connectivity index (χ1n) is 13.1. The third-order valence-electron chi connectivity index (χ3n) is 6.33. The average molecular weight is 512 g/mol. The molecule has 0 radical (unpaired) electrons. The summed E-state index contributed by atoms with van der Waals surface area (Å²) in [6.45, 7) is 10.1. The molecule has 8 nitrogen and oxygen atoms in total. The Kier molecular flexibility index (Phi) is 12.6. The van der Waals surface area contributed by atoms with Gasteiger partial charge in [-0.3, -0.25) is 19.2 Å². The SMILES string of the molecule is C=C/C=C/CCC(=O)N[C@H](C(=O)N[C@@H](Cc1ccccc1)C(=O)N1CCC[C@@H](C(=O)OCC)C1)C(C)C. The van der Waals surface area contributed by atoms with Crippen molar-refractivity contribution in [2.24, 2.45) is 11.8 Å². The number of esters is 1. The fraction of sp³-hybridized carbons (Fsp3) is 0.517. The maximum atomic E-state index is 13.6. The third kappa shape index (κ3) is 9.86. The Hall–Kier alpha value is -3.42. The van der Waals surface area contributed by atoms with Crippen LogP contribution >= 0.6 is 0 Å². The number of carbonyl (C=O) groups excluding carboxylic acids is 4. The summed E-state index contributed by atoms with van der Waals surface area (Å²) in [5, 5.41) is 5.73. The van der Waals surface area contributed by atoms with Crippen molar-refractivity contribution in [2.75, 3.05) is 19.7 Å². The number of amides is 3. The van der Waals surface area contributed by atoms with Gasteiger partial charge in [-0.05, 0) is 37.7 Å². The van der Waals surface area contributed by atoms with Crippen molar-refractivity contribution in [2.45, 2.75) is 65.0 Å². The van der Waals surface area contributed by atoms with Crippen molar-refractivity contribution in [3.05, 3.63) is 60.7 Å². The predicted octanol–water partition coefficient (Wildman–Crippen LogP) is 3.18. The molecule has 1 aliphatic heterocycles. The molecule has 0 unspecified atom stereocenters. The average Bonchev–Trinajstić information content (AvgIpc) is 2.89. The molecule has 1 aromatic carbocycles. The molecule has 1 aromatic rings. The second-order valence-electron chi connectivity index (χ2n) is 9.62. The van der Waals surface area contributed by atoms with Crippen LogP contribution in [0.3, 0.4) is 0 Å². The molecule has 1 heterocycles. The van der Waals surface area contributed by atoms with Crippen molar-refractivity contribution in [1.29, 1.82) is 0 Å². The number of piperidine rings is 1. The standard InChI is InChI=1S/C29H41N3O5/c1-5-7-8-12-17-25(33)31-26(21(3)4)27(34)30-24(19-22-14-10-9-11-15-22)28(35)32-18-13-16-23(20-32)29(36)37-6-2/h5,7-11,14-15,21,23-24,26H,1,6,12-13,16-20H2,2-4H3,(H,30,34)(H,31,33)/b8-7+/t23-,24+,26+/m1/s1. The predicted molar refractivity (Wildman–Crippen MR) is 143 cm³/mol. The first-order valence-corrected chi connectivity index (χ1v) is 13.1. The summed E-state index contributed by atoms with van der Waals surface area (Å²) in [4.78, 5) is 53.4. The fourth-order valence-electron chi connectivity index (χ4n) is 4.35. The van der Waals surface area contributed by atoms with Gasteiger partial charge in [-0.25, -0.2) is 0 Å². The summed E-state index contributed by atoms with van der Waals surface area (Å²) in [6, 6.07) is 7.86. The van der Waals surface area contributed by atoms with Gasteiger partial charge in [0.15, 0.2) is 0 Å². The second kappa shape index (κ2) is 15.6. The first-order chi connectivity index (χ1) is 17.8. The summed E-state index contributed by atoms with van der Waals surface area (Å²) in [5.41, 5.74) is 0.902. The lowest BCUT2D eigenvalue weighted by atomic mass is 9.96. The molecule has 0 spiro atoms. The summed E-state index contributed by atoms with van der Waals surface area (Å²) in [7, 11) is 0. The monoisotopic (exact) mass is 511 g/mol. The van der Waals surface area contributed by atoms with Crippen molar-refractivity contribution in [1.82, 2.24) is 15.5 Å². The molecule has 3 amide bonds. The van der Waals surface area contributed by atoms with Gasteiger partial charge in [0.05, 0.1) is 12.5 Å². The van der Waals surface area contributed by atoms with Crippen LogP contribution in [-0.2, 0) is 30.3 Å². The van der Waals surface area contributed by atoms with E-state index in [1.165, 1.54) is 0 Å². The van der Waals surface area contributed by atoms with Crippen molar-refractivity contribution in [3.8, 4) is 0 Å². The highest BCUT2D eigenvalue weighted by molar-refractivity contribution is 5.92. The van der Waals surface area contributed by atoms with Gasteiger partial charge in [-0.15, -0.1) is 0 Å². The molecule has 0 bridgehead atoms. The zero-order valence-electron chi connectivity index (χ0n) is 22.3. The minimum atomic E-state index is -0.829. The van der Waals surface area contributed by atoms with Gasteiger partial charge >= 0.3 is 5.97 Å². The Labute approximate surface area is 220 Å². The number of hydrogen-bond acceptors (Lipinski definition) is 5. The van der Waals surface area contributed by atoms with E-state index in [-0.39, 0.29) is 42.6 Å². The van der Waals surface area contributed by atoms with Gasteiger partial charge in [-0.1, -0.05) is 69.0 Å². The Morgan fingerprint density at radius 1 is 1.16 bits per heavy atom. The maximum absolute atomic E-state index is 13.6. The topological polar surface area (TPSA) is 105 Å². The number of allylic oxidation sites excluding steroid dienone is 3. The van der Waals surface area contributed by atoms with Crippen molar-refractivity contribution >= 4 is 23.7 Å². The zero-order chi connectivity index (χ0) is 27.2. The quantitative estimate of drug-likeness (QED) is 0.313. The summed E-state index contributed by atoms with van der Waals surface area (Å²) >= 11 is 0. The van der Waals surface area contributed by atoms with E-state index in [1.807, 2.05) is 50.3 Å². The van der Waals surface area contributed by atoms with Crippen LogP contribution in [0.2, 0.25) is 0 Å². The van der Waals surface area contributed by atoms with E-state index in [1.54, 1.807) is 24.0 Å². The van der Waals surface area contributed by atoms with Crippen LogP contribution < -0.4 is 10.6 Å². The second-order valence-corrected chi connectivity index (χ2v) is 9.62. The molecule has 3 atom stereocenters. The molecule has 1 aliphatic rings. The number of hydrogen-bond donors (Lipinski definition) is 2. The van der Waals surface area contributed by atoms with Crippen LogP contribution in [0.25, 0.3) is 0 Å². The molecule has 37 heavy (non-hydrogen) atoms. The molecule has 0 aromatic heterocycles. The normalized spacial score (nSPS) is 17.2. The summed E-state index contributed by atoms with van der Waals surface area (Å²) < 4.78 is 5.17. The largest absolute Gasteiger partial charge is 0.466 e. The van der Waals surface area contributed by atoms with Gasteiger partial charge in [0.25, 0.3) is 0 Å². The minimum absolute atomic E-state index is 0.177. The Balaban J connectivity index is 2.16. The zero-order valence-corrected chi connectivity index (χ0v) is 22.3. The third-order valence-corrected chi connectivity index (χ3v) is 6.33. The highest BCUT2D eigenvalue weighted by Crippen LogP contribution is 2.20. The van der Waals surface area contributed by atoms with Crippen LogP contribution in [0.4, 0.5) is 0 Å². The number of likely N-dealkylation sites (tertiary alicyclic amines) is 1. The van der Waals surface area contributed by atoms with E-state index in [0.717, 1.165) is 5.56 Å². The lowest BCUT2D eigenvalue weighted by molar-refractivity contribution is -0.152. The van der Waals surface area contributed by atoms with Crippen LogP contribution in [0.1, 0.15) is 52.0 Å². The molecule has 1 saturated heterocycles. The van der Waals surface area contributed by atoms with E-state index < -0.39 is 18.0 Å². The van der Waals surface area contributed by atoms with Crippen molar-refractivity contribution < 1.29 is 23.9 Å². The number of carbonyl (C=O) groups is 4. The highest BCUT2D eigenvalue weighted by Gasteiger charge is 2.35. The summed E-state index contributed by atoms with van der Waals surface area (Å²) in [6.07, 6.45) is 7.70. The van der Waals surface area contributed by atoms with E-state index in [9.17, 15) is 19.2 Å².